The molecule has 0 aliphatic heterocycles. The number of nitrogens with two attached hydrogens (primary N) is 1. The van der Waals surface area contributed by atoms with Gasteiger partial charge in [0.1, 0.15) is 5.75 Å². The van der Waals surface area contributed by atoms with Crippen LogP contribution in [-0.4, -0.2) is 18.9 Å². The van der Waals surface area contributed by atoms with Gasteiger partial charge in [0.25, 0.3) is 0 Å². The van der Waals surface area contributed by atoms with E-state index in [0.717, 1.165) is 47.1 Å². The van der Waals surface area contributed by atoms with Crippen molar-refractivity contribution in [3.63, 3.8) is 0 Å². The molecule has 2 amide bonds. The summed E-state index contributed by atoms with van der Waals surface area (Å²) in [6.07, 6.45) is 2.87. The number of hydrazone groups is 1. The second-order valence-corrected chi connectivity index (χ2v) is 5.07. The summed E-state index contributed by atoms with van der Waals surface area (Å²) >= 11 is 0. The average molecular weight is 283 g/mol. The summed E-state index contributed by atoms with van der Waals surface area (Å²) in [5, 5.41) is 6.40. The van der Waals surface area contributed by atoms with Crippen molar-refractivity contribution in [1.82, 2.24) is 5.43 Å². The summed E-state index contributed by atoms with van der Waals surface area (Å²) < 4.78 is 5.27. The van der Waals surface area contributed by atoms with Crippen molar-refractivity contribution in [1.29, 1.82) is 0 Å². The summed E-state index contributed by atoms with van der Waals surface area (Å²) in [4.78, 5) is 10.9. The minimum Gasteiger partial charge on any atom is -0.497 e. The number of ether oxygens (including phenoxy) is 1. The maximum Gasteiger partial charge on any atom is 0.332 e. The molecule has 2 aromatic rings. The van der Waals surface area contributed by atoms with Crippen LogP contribution in [0.5, 0.6) is 5.75 Å². The molecule has 0 bridgehead atoms. The number of primary amides is 1. The van der Waals surface area contributed by atoms with Crippen molar-refractivity contribution >= 4 is 22.5 Å². The van der Waals surface area contributed by atoms with Crippen LogP contribution >= 0.6 is 0 Å². The molecule has 0 saturated carbocycles. The number of amides is 2. The molecule has 0 unspecified atom stereocenters. The Bertz CT molecular complexity index is 738. The molecule has 0 saturated heterocycles. The first kappa shape index (κ1) is 13.4. The minimum atomic E-state index is -0.642. The number of methoxy groups -OCH3 is 1. The minimum absolute atomic E-state index is 0.642. The van der Waals surface area contributed by atoms with Gasteiger partial charge in [-0.1, -0.05) is 18.2 Å². The van der Waals surface area contributed by atoms with E-state index in [2.05, 4.69) is 22.7 Å². The normalized spacial score (nSPS) is 15.8. The number of nitrogens with zero attached hydrogens (tertiary/aromatic N) is 1. The van der Waals surface area contributed by atoms with E-state index in [0.29, 0.717) is 0 Å². The van der Waals surface area contributed by atoms with Crippen LogP contribution in [0.15, 0.2) is 35.4 Å². The Balaban J connectivity index is 2.17. The zero-order chi connectivity index (χ0) is 14.8. The molecular weight excluding hydrogens is 266 g/mol. The van der Waals surface area contributed by atoms with Crippen molar-refractivity contribution in [2.24, 2.45) is 10.8 Å². The third-order valence-electron chi connectivity index (χ3n) is 3.76. The highest BCUT2D eigenvalue weighted by atomic mass is 16.5. The van der Waals surface area contributed by atoms with Gasteiger partial charge < -0.3 is 10.5 Å². The van der Waals surface area contributed by atoms with Gasteiger partial charge in [-0.3, -0.25) is 0 Å². The number of carbonyl (C=O) groups excluding carboxylic acids is 1. The summed E-state index contributed by atoms with van der Waals surface area (Å²) in [6, 6.07) is 9.56. The number of rotatable bonds is 2. The summed E-state index contributed by atoms with van der Waals surface area (Å²) in [7, 11) is 1.66. The van der Waals surface area contributed by atoms with E-state index < -0.39 is 6.03 Å². The molecule has 1 aliphatic rings. The predicted molar refractivity (Wildman–Crippen MR) is 82.7 cm³/mol. The van der Waals surface area contributed by atoms with E-state index >= 15 is 0 Å². The molecule has 1 aliphatic carbocycles. The Morgan fingerprint density at radius 3 is 2.90 bits per heavy atom. The predicted octanol–water partition coefficient (Wildman–Crippen LogP) is 2.56. The van der Waals surface area contributed by atoms with Gasteiger partial charge in [-0.25, -0.2) is 10.2 Å². The van der Waals surface area contributed by atoms with Crippen LogP contribution in [0.2, 0.25) is 0 Å². The highest BCUT2D eigenvalue weighted by molar-refractivity contribution is 6.13. The summed E-state index contributed by atoms with van der Waals surface area (Å²) in [5.41, 5.74) is 10.7. The number of urea groups is 1. The molecule has 108 valence electrons. The van der Waals surface area contributed by atoms with Gasteiger partial charge in [-0.2, -0.15) is 5.10 Å². The Labute approximate surface area is 122 Å². The highest BCUT2D eigenvalue weighted by Gasteiger charge is 2.18. The Kier molecular flexibility index (Phi) is 3.48. The third-order valence-corrected chi connectivity index (χ3v) is 3.76. The molecule has 21 heavy (non-hydrogen) atoms. The zero-order valence-corrected chi connectivity index (χ0v) is 11.8. The lowest BCUT2D eigenvalue weighted by Crippen LogP contribution is -2.27. The molecule has 5 heteroatoms. The van der Waals surface area contributed by atoms with E-state index in [-0.39, 0.29) is 0 Å². The smallest absolute Gasteiger partial charge is 0.332 e. The lowest BCUT2D eigenvalue weighted by molar-refractivity contribution is 0.249. The number of benzene rings is 2. The Morgan fingerprint density at radius 1 is 1.29 bits per heavy atom. The Morgan fingerprint density at radius 2 is 2.14 bits per heavy atom. The second kappa shape index (κ2) is 5.44. The van der Waals surface area contributed by atoms with E-state index in [1.807, 2.05) is 18.2 Å². The topological polar surface area (TPSA) is 76.7 Å². The fourth-order valence-electron chi connectivity index (χ4n) is 2.83. The number of nitrogens with one attached hydrogen (secondary N) is 1. The van der Waals surface area contributed by atoms with Crippen molar-refractivity contribution in [2.75, 3.05) is 7.11 Å². The van der Waals surface area contributed by atoms with Gasteiger partial charge in [0.15, 0.2) is 0 Å². The van der Waals surface area contributed by atoms with E-state index in [1.165, 1.54) is 5.56 Å². The van der Waals surface area contributed by atoms with Crippen LogP contribution in [0.1, 0.15) is 24.0 Å². The van der Waals surface area contributed by atoms with E-state index in [1.54, 1.807) is 7.11 Å². The summed E-state index contributed by atoms with van der Waals surface area (Å²) in [5.74, 6) is 0.826. The number of carbonyl (C=O) groups is 1. The van der Waals surface area contributed by atoms with Gasteiger partial charge in [-0.05, 0) is 47.7 Å². The third kappa shape index (κ3) is 2.54. The first-order valence-electron chi connectivity index (χ1n) is 6.91. The van der Waals surface area contributed by atoms with Crippen LogP contribution < -0.4 is 15.9 Å². The van der Waals surface area contributed by atoms with Crippen LogP contribution in [0.3, 0.4) is 0 Å². The molecule has 5 nitrogen and oxygen atoms in total. The molecule has 2 aromatic carbocycles. The average Bonchev–Trinajstić information content (AvgIpc) is 2.51. The monoisotopic (exact) mass is 283 g/mol. The quantitative estimate of drug-likeness (QED) is 0.831. The summed E-state index contributed by atoms with van der Waals surface area (Å²) in [6.45, 7) is 0. The molecule has 0 aromatic heterocycles. The van der Waals surface area contributed by atoms with Gasteiger partial charge in [0.2, 0.25) is 0 Å². The van der Waals surface area contributed by atoms with Crippen molar-refractivity contribution in [3.8, 4) is 5.75 Å². The number of hydrogen-bond acceptors (Lipinski definition) is 3. The molecule has 0 atom stereocenters. The molecule has 0 spiro atoms. The van der Waals surface area contributed by atoms with Crippen LogP contribution in [-0.2, 0) is 6.42 Å². The van der Waals surface area contributed by atoms with E-state index in [4.69, 9.17) is 10.5 Å². The lowest BCUT2D eigenvalue weighted by atomic mass is 9.86. The molecule has 3 N–H and O–H groups in total. The van der Waals surface area contributed by atoms with E-state index in [9.17, 15) is 4.79 Å². The van der Waals surface area contributed by atoms with Gasteiger partial charge >= 0.3 is 6.03 Å². The SMILES string of the molecule is COc1ccc2c3c(ccc2c1)CCC/C3=N/NC(N)=O. The fraction of sp³-hybridized carbons (Fsp3) is 0.250. The fourth-order valence-corrected chi connectivity index (χ4v) is 2.83. The number of fused-ring (bicyclic) bond motifs is 3. The Hall–Kier alpha value is -2.56. The maximum absolute atomic E-state index is 10.9. The van der Waals surface area contributed by atoms with Crippen molar-refractivity contribution < 1.29 is 9.53 Å². The largest absolute Gasteiger partial charge is 0.497 e. The first-order chi connectivity index (χ1) is 10.2. The lowest BCUT2D eigenvalue weighted by Gasteiger charge is -2.20. The van der Waals surface area contributed by atoms with Gasteiger partial charge in [0.05, 0.1) is 12.8 Å². The molecule has 0 heterocycles. The first-order valence-corrected chi connectivity index (χ1v) is 6.91. The number of aryl methyl sites for hydroxylation is 1. The highest BCUT2D eigenvalue weighted by Crippen LogP contribution is 2.31. The zero-order valence-electron chi connectivity index (χ0n) is 11.8. The van der Waals surface area contributed by atoms with Crippen molar-refractivity contribution in [3.05, 3.63) is 41.5 Å². The standard InChI is InChI=1S/C16H17N3O2/c1-21-12-7-8-13-11(9-12)6-5-10-3-2-4-14(15(10)13)18-19-16(17)20/h5-9H,2-4H2,1H3,(H3,17,19,20)/b18-14-. The van der Waals surface area contributed by atoms with Crippen LogP contribution in [0.4, 0.5) is 4.79 Å². The molecular formula is C16H17N3O2. The van der Waals surface area contributed by atoms with Crippen LogP contribution in [0, 0.1) is 0 Å². The molecule has 3 rings (SSSR count). The van der Waals surface area contributed by atoms with Crippen molar-refractivity contribution in [2.45, 2.75) is 19.3 Å². The van der Waals surface area contributed by atoms with Gasteiger partial charge in [0, 0.05) is 5.56 Å². The number of hydrogen-bond donors (Lipinski definition) is 2. The molecule has 0 fully saturated rings. The van der Waals surface area contributed by atoms with Crippen LogP contribution in [0.25, 0.3) is 10.8 Å². The second-order valence-electron chi connectivity index (χ2n) is 5.07. The molecule has 0 radical (unpaired) electrons. The maximum atomic E-state index is 10.9. The van der Waals surface area contributed by atoms with Gasteiger partial charge in [-0.15, -0.1) is 0 Å².